The highest BCUT2D eigenvalue weighted by atomic mass is 32.2. The lowest BCUT2D eigenvalue weighted by Gasteiger charge is -2.10. The van der Waals surface area contributed by atoms with E-state index in [1.807, 2.05) is 61.7 Å². The predicted octanol–water partition coefficient (Wildman–Crippen LogP) is 5.46. The van der Waals surface area contributed by atoms with E-state index in [1.165, 1.54) is 23.9 Å². The first-order chi connectivity index (χ1) is 13.9. The highest BCUT2D eigenvalue weighted by Gasteiger charge is 2.18. The Morgan fingerprint density at radius 1 is 1.03 bits per heavy atom. The Morgan fingerprint density at radius 3 is 2.62 bits per heavy atom. The van der Waals surface area contributed by atoms with E-state index >= 15 is 0 Å². The number of nitrogens with zero attached hydrogens (tertiary/aromatic N) is 3. The van der Waals surface area contributed by atoms with Crippen molar-refractivity contribution >= 4 is 28.4 Å². The Morgan fingerprint density at radius 2 is 1.83 bits per heavy atom. The zero-order valence-corrected chi connectivity index (χ0v) is 17.3. The molecule has 0 amide bonds. The van der Waals surface area contributed by atoms with E-state index in [4.69, 9.17) is 0 Å². The molecule has 6 heteroatoms. The molecule has 146 valence electrons. The summed E-state index contributed by atoms with van der Waals surface area (Å²) in [6, 6.07) is 16.1. The van der Waals surface area contributed by atoms with Crippen LogP contribution in [-0.2, 0) is 0 Å². The highest BCUT2D eigenvalue weighted by molar-refractivity contribution is 8.00. The van der Waals surface area contributed by atoms with Gasteiger partial charge in [0.2, 0.25) is 0 Å². The lowest BCUT2D eigenvalue weighted by atomic mass is 10.2. The van der Waals surface area contributed by atoms with Crippen molar-refractivity contribution in [2.45, 2.75) is 25.8 Å². The summed E-state index contributed by atoms with van der Waals surface area (Å²) in [5, 5.41) is 1.75. The summed E-state index contributed by atoms with van der Waals surface area (Å²) in [5.41, 5.74) is 3.94. The van der Waals surface area contributed by atoms with Gasteiger partial charge in [-0.25, -0.2) is 14.4 Å². The molecule has 0 saturated carbocycles. The van der Waals surface area contributed by atoms with Gasteiger partial charge < -0.3 is 4.57 Å². The molecule has 2 aromatic carbocycles. The summed E-state index contributed by atoms with van der Waals surface area (Å²) in [4.78, 5) is 21.9. The first-order valence-electron chi connectivity index (χ1n) is 9.28. The van der Waals surface area contributed by atoms with Crippen molar-refractivity contribution in [3.8, 4) is 5.69 Å². The molecule has 0 atom stereocenters. The van der Waals surface area contributed by atoms with Gasteiger partial charge in [0.05, 0.1) is 11.3 Å². The Balaban J connectivity index is 1.61. The van der Waals surface area contributed by atoms with E-state index in [-0.39, 0.29) is 17.4 Å². The van der Waals surface area contributed by atoms with Crippen molar-refractivity contribution in [1.29, 1.82) is 0 Å². The minimum absolute atomic E-state index is 0.0195. The van der Waals surface area contributed by atoms with Crippen LogP contribution < -0.4 is 0 Å². The average Bonchev–Trinajstić information content (AvgIpc) is 3.00. The average molecular weight is 405 g/mol. The van der Waals surface area contributed by atoms with Crippen molar-refractivity contribution in [1.82, 2.24) is 14.5 Å². The molecular weight excluding hydrogens is 385 g/mol. The zero-order chi connectivity index (χ0) is 20.5. The summed E-state index contributed by atoms with van der Waals surface area (Å²) in [6.07, 6.45) is 0. The molecule has 0 saturated heterocycles. The second-order valence-electron chi connectivity index (χ2n) is 6.91. The number of hydrogen-bond donors (Lipinski definition) is 0. The number of halogens is 1. The summed E-state index contributed by atoms with van der Waals surface area (Å²) < 4.78 is 15.6. The minimum atomic E-state index is -0.301. The van der Waals surface area contributed by atoms with Crippen LogP contribution >= 0.6 is 11.8 Å². The molecule has 0 N–H and O–H groups in total. The third-order valence-corrected chi connectivity index (χ3v) is 5.81. The van der Waals surface area contributed by atoms with E-state index in [0.29, 0.717) is 17.1 Å². The molecule has 0 aliphatic rings. The number of aromatic nitrogens is 3. The zero-order valence-electron chi connectivity index (χ0n) is 16.4. The molecule has 4 nitrogen and oxygen atoms in total. The summed E-state index contributed by atoms with van der Waals surface area (Å²) in [6.45, 7) is 5.66. The third kappa shape index (κ3) is 3.80. The van der Waals surface area contributed by atoms with Crippen LogP contribution in [0.15, 0.2) is 59.6 Å². The number of aryl methyl sites for hydroxylation is 2. The SMILES string of the molecule is Cc1nc(SCC(=O)c2cc(C)n(-c3cccc(F)c3)c2C)c2ccccc2n1. The molecule has 29 heavy (non-hydrogen) atoms. The molecule has 0 aliphatic carbocycles. The molecule has 0 fully saturated rings. The van der Waals surface area contributed by atoms with Crippen molar-refractivity contribution in [3.63, 3.8) is 0 Å². The fraction of sp³-hybridized carbons (Fsp3) is 0.174. The number of Topliss-reactive ketones (excluding diaryl/α,β-unsaturated/α-hetero) is 1. The van der Waals surface area contributed by atoms with Gasteiger partial charge in [-0.3, -0.25) is 4.79 Å². The summed E-state index contributed by atoms with van der Waals surface area (Å²) in [5.74, 6) is 0.673. The number of para-hydroxylation sites is 1. The standard InChI is InChI=1S/C23H20FN3OS/c1-14-11-20(15(2)27(14)18-8-6-7-17(24)12-18)22(28)13-29-23-19-9-4-5-10-21(19)25-16(3)26-23/h4-12H,13H2,1-3H3. The van der Waals surface area contributed by atoms with Crippen LogP contribution in [0.1, 0.15) is 27.6 Å². The molecule has 0 aliphatic heterocycles. The first-order valence-corrected chi connectivity index (χ1v) is 10.3. The third-order valence-electron chi connectivity index (χ3n) is 4.82. The molecule has 4 aromatic rings. The maximum absolute atomic E-state index is 13.7. The van der Waals surface area contributed by atoms with Crippen molar-refractivity contribution in [2.75, 3.05) is 5.75 Å². The van der Waals surface area contributed by atoms with Gasteiger partial charge in [-0.05, 0) is 51.1 Å². The van der Waals surface area contributed by atoms with Crippen LogP contribution in [0.4, 0.5) is 4.39 Å². The van der Waals surface area contributed by atoms with Crippen LogP contribution in [0.3, 0.4) is 0 Å². The molecule has 2 heterocycles. The number of carbonyl (C=O) groups excluding carboxylic acids is 1. The lowest BCUT2D eigenvalue weighted by molar-refractivity contribution is 0.102. The number of fused-ring (bicyclic) bond motifs is 1. The maximum atomic E-state index is 13.7. The first kappa shape index (κ1) is 19.3. The number of benzene rings is 2. The van der Waals surface area contributed by atoms with E-state index in [9.17, 15) is 9.18 Å². The normalized spacial score (nSPS) is 11.2. The smallest absolute Gasteiger partial charge is 0.174 e. The van der Waals surface area contributed by atoms with Gasteiger partial charge in [-0.2, -0.15) is 0 Å². The van der Waals surface area contributed by atoms with Gasteiger partial charge >= 0.3 is 0 Å². The summed E-state index contributed by atoms with van der Waals surface area (Å²) in [7, 11) is 0. The molecule has 0 unspecified atom stereocenters. The predicted molar refractivity (Wildman–Crippen MR) is 115 cm³/mol. The number of carbonyl (C=O) groups is 1. The second-order valence-corrected chi connectivity index (χ2v) is 7.87. The van der Waals surface area contributed by atoms with Gasteiger partial charge in [0.25, 0.3) is 0 Å². The van der Waals surface area contributed by atoms with Crippen LogP contribution in [0.2, 0.25) is 0 Å². The quantitative estimate of drug-likeness (QED) is 0.251. The van der Waals surface area contributed by atoms with Crippen LogP contribution in [0.5, 0.6) is 0 Å². The minimum Gasteiger partial charge on any atom is -0.318 e. The van der Waals surface area contributed by atoms with E-state index < -0.39 is 0 Å². The van der Waals surface area contributed by atoms with Crippen molar-refractivity contribution in [2.24, 2.45) is 0 Å². The molecule has 0 radical (unpaired) electrons. The second kappa shape index (κ2) is 7.79. The molecule has 0 spiro atoms. The highest BCUT2D eigenvalue weighted by Crippen LogP contribution is 2.28. The number of hydrogen-bond acceptors (Lipinski definition) is 4. The Kier molecular flexibility index (Phi) is 5.20. The molecule has 0 bridgehead atoms. The monoisotopic (exact) mass is 405 g/mol. The fourth-order valence-corrected chi connectivity index (χ4v) is 4.49. The summed E-state index contributed by atoms with van der Waals surface area (Å²) >= 11 is 1.42. The molecule has 4 rings (SSSR count). The lowest BCUT2D eigenvalue weighted by Crippen LogP contribution is -2.06. The Hall–Kier alpha value is -2.99. The van der Waals surface area contributed by atoms with Gasteiger partial charge in [-0.1, -0.05) is 36.0 Å². The number of ketones is 1. The number of thioether (sulfide) groups is 1. The van der Waals surface area contributed by atoms with Gasteiger partial charge in [0, 0.05) is 28.0 Å². The largest absolute Gasteiger partial charge is 0.318 e. The molecule has 2 aromatic heterocycles. The van der Waals surface area contributed by atoms with Crippen LogP contribution in [0, 0.1) is 26.6 Å². The van der Waals surface area contributed by atoms with Gasteiger partial charge in [0.15, 0.2) is 5.78 Å². The van der Waals surface area contributed by atoms with Crippen molar-refractivity contribution < 1.29 is 9.18 Å². The topological polar surface area (TPSA) is 47.8 Å². The van der Waals surface area contributed by atoms with E-state index in [2.05, 4.69) is 9.97 Å². The Bertz CT molecular complexity index is 1230. The van der Waals surface area contributed by atoms with Gasteiger partial charge in [-0.15, -0.1) is 0 Å². The Labute approximate surface area is 172 Å². The van der Waals surface area contributed by atoms with E-state index in [0.717, 1.165) is 27.3 Å². The number of rotatable bonds is 5. The van der Waals surface area contributed by atoms with Gasteiger partial charge in [0.1, 0.15) is 16.7 Å². The fourth-order valence-electron chi connectivity index (χ4n) is 3.54. The van der Waals surface area contributed by atoms with Crippen molar-refractivity contribution in [3.05, 3.63) is 83.2 Å². The van der Waals surface area contributed by atoms with Crippen LogP contribution in [0.25, 0.3) is 16.6 Å². The maximum Gasteiger partial charge on any atom is 0.174 e. The van der Waals surface area contributed by atoms with E-state index in [1.54, 1.807) is 6.07 Å². The molecular formula is C23H20FN3OS. The van der Waals surface area contributed by atoms with Crippen LogP contribution in [-0.4, -0.2) is 26.1 Å².